The molecular weight excluding hydrogens is 162 g/mol. The summed E-state index contributed by atoms with van der Waals surface area (Å²) in [4.78, 5) is 0. The Balaban J connectivity index is 1.86. The third kappa shape index (κ3) is 5.27. The molecule has 1 saturated heterocycles. The van der Waals surface area contributed by atoms with Gasteiger partial charge in [-0.1, -0.05) is 12.8 Å². The van der Waals surface area contributed by atoms with Crippen LogP contribution < -0.4 is 5.32 Å². The first-order chi connectivity index (χ1) is 6.43. The van der Waals surface area contributed by atoms with Crippen LogP contribution in [0.15, 0.2) is 0 Å². The Morgan fingerprint density at radius 1 is 1.31 bits per heavy atom. The molecule has 1 heterocycles. The highest BCUT2D eigenvalue weighted by molar-refractivity contribution is 4.68. The minimum atomic E-state index is 0.933. The number of hydrogen-bond donors (Lipinski definition) is 1. The lowest BCUT2D eigenvalue weighted by molar-refractivity contribution is 0.191. The van der Waals surface area contributed by atoms with Crippen LogP contribution in [0.1, 0.15) is 38.5 Å². The molecule has 0 saturated carbocycles. The summed E-state index contributed by atoms with van der Waals surface area (Å²) >= 11 is 0. The Labute approximate surface area is 82.0 Å². The van der Waals surface area contributed by atoms with Gasteiger partial charge in [-0.05, 0) is 44.7 Å². The van der Waals surface area contributed by atoms with Crippen molar-refractivity contribution in [2.75, 3.05) is 26.8 Å². The van der Waals surface area contributed by atoms with Gasteiger partial charge in [-0.3, -0.25) is 0 Å². The molecule has 1 N–H and O–H groups in total. The molecule has 1 unspecified atom stereocenters. The van der Waals surface area contributed by atoms with Crippen LogP contribution in [0.5, 0.6) is 0 Å². The predicted molar refractivity (Wildman–Crippen MR) is 55.9 cm³/mol. The van der Waals surface area contributed by atoms with Crippen molar-refractivity contribution in [2.45, 2.75) is 38.5 Å². The molecule has 1 fully saturated rings. The highest BCUT2D eigenvalue weighted by Crippen LogP contribution is 2.17. The third-order valence-electron chi connectivity index (χ3n) is 2.86. The average molecular weight is 185 g/mol. The molecule has 2 heteroatoms. The number of nitrogens with one attached hydrogen (secondary N) is 1. The van der Waals surface area contributed by atoms with Crippen LogP contribution in [-0.4, -0.2) is 26.8 Å². The van der Waals surface area contributed by atoms with E-state index in [0.717, 1.165) is 12.5 Å². The van der Waals surface area contributed by atoms with Gasteiger partial charge in [0, 0.05) is 13.7 Å². The monoisotopic (exact) mass is 185 g/mol. The van der Waals surface area contributed by atoms with Crippen LogP contribution in [0.4, 0.5) is 0 Å². The lowest BCUT2D eigenvalue weighted by Crippen LogP contribution is -2.29. The fraction of sp³-hybridized carbons (Fsp3) is 1.00. The van der Waals surface area contributed by atoms with Gasteiger partial charge in [0.2, 0.25) is 0 Å². The van der Waals surface area contributed by atoms with E-state index in [2.05, 4.69) is 5.32 Å². The first-order valence-corrected chi connectivity index (χ1v) is 5.63. The number of rotatable bonds is 6. The maximum absolute atomic E-state index is 5.02. The van der Waals surface area contributed by atoms with Crippen molar-refractivity contribution in [1.29, 1.82) is 0 Å². The lowest BCUT2D eigenvalue weighted by atomic mass is 9.94. The Kier molecular flexibility index (Phi) is 6.21. The summed E-state index contributed by atoms with van der Waals surface area (Å²) in [7, 11) is 1.78. The van der Waals surface area contributed by atoms with E-state index in [1.54, 1.807) is 7.11 Å². The molecule has 0 amide bonds. The van der Waals surface area contributed by atoms with Crippen molar-refractivity contribution >= 4 is 0 Å². The molecule has 0 spiro atoms. The van der Waals surface area contributed by atoms with Crippen LogP contribution in [0.2, 0.25) is 0 Å². The zero-order valence-corrected chi connectivity index (χ0v) is 8.85. The van der Waals surface area contributed by atoms with Gasteiger partial charge in [-0.2, -0.15) is 0 Å². The summed E-state index contributed by atoms with van der Waals surface area (Å²) in [6.45, 7) is 3.42. The van der Waals surface area contributed by atoms with Crippen molar-refractivity contribution in [3.8, 4) is 0 Å². The van der Waals surface area contributed by atoms with Gasteiger partial charge in [0.25, 0.3) is 0 Å². The highest BCUT2D eigenvalue weighted by atomic mass is 16.5. The quantitative estimate of drug-likeness (QED) is 0.640. The summed E-state index contributed by atoms with van der Waals surface area (Å²) in [5.41, 5.74) is 0. The maximum atomic E-state index is 5.02. The maximum Gasteiger partial charge on any atom is 0.0462 e. The Hall–Kier alpha value is -0.0800. The van der Waals surface area contributed by atoms with E-state index in [0.29, 0.717) is 0 Å². The van der Waals surface area contributed by atoms with Gasteiger partial charge in [0.1, 0.15) is 0 Å². The van der Waals surface area contributed by atoms with Crippen molar-refractivity contribution < 1.29 is 4.74 Å². The average Bonchev–Trinajstić information content (AvgIpc) is 2.19. The lowest BCUT2D eigenvalue weighted by Gasteiger charge is -2.22. The molecule has 2 nitrogen and oxygen atoms in total. The molecule has 0 aliphatic carbocycles. The summed E-state index contributed by atoms with van der Waals surface area (Å²) in [5.74, 6) is 0.955. The van der Waals surface area contributed by atoms with E-state index in [1.165, 1.54) is 51.6 Å². The zero-order chi connectivity index (χ0) is 9.36. The molecule has 0 aromatic carbocycles. The normalized spacial score (nSPS) is 23.3. The minimum Gasteiger partial charge on any atom is -0.385 e. The van der Waals surface area contributed by atoms with Crippen LogP contribution in [0.25, 0.3) is 0 Å². The molecule has 0 aromatic rings. The molecule has 1 aliphatic heterocycles. The van der Waals surface area contributed by atoms with Gasteiger partial charge >= 0.3 is 0 Å². The SMILES string of the molecule is COCCCCCC1CCCNC1. The number of ether oxygens (including phenoxy) is 1. The largest absolute Gasteiger partial charge is 0.385 e. The van der Waals surface area contributed by atoms with E-state index >= 15 is 0 Å². The third-order valence-corrected chi connectivity index (χ3v) is 2.86. The fourth-order valence-corrected chi connectivity index (χ4v) is 2.03. The molecule has 78 valence electrons. The molecule has 1 rings (SSSR count). The van der Waals surface area contributed by atoms with E-state index in [1.807, 2.05) is 0 Å². The van der Waals surface area contributed by atoms with E-state index in [9.17, 15) is 0 Å². The summed E-state index contributed by atoms with van der Waals surface area (Å²) < 4.78 is 5.02. The fourth-order valence-electron chi connectivity index (χ4n) is 2.03. The summed E-state index contributed by atoms with van der Waals surface area (Å²) in [6.07, 6.45) is 8.19. The van der Waals surface area contributed by atoms with Crippen molar-refractivity contribution in [3.63, 3.8) is 0 Å². The zero-order valence-electron chi connectivity index (χ0n) is 8.85. The second-order valence-corrected chi connectivity index (χ2v) is 4.05. The molecular formula is C11H23NO. The summed E-state index contributed by atoms with van der Waals surface area (Å²) in [6, 6.07) is 0. The standard InChI is InChI=1S/C11H23NO/c1-13-9-4-2-3-6-11-7-5-8-12-10-11/h11-12H,2-10H2,1H3. The molecule has 0 bridgehead atoms. The Morgan fingerprint density at radius 2 is 2.23 bits per heavy atom. The molecule has 1 aliphatic rings. The number of methoxy groups -OCH3 is 1. The topological polar surface area (TPSA) is 21.3 Å². The summed E-state index contributed by atoms with van der Waals surface area (Å²) in [5, 5.41) is 3.46. The van der Waals surface area contributed by atoms with Gasteiger partial charge in [0.15, 0.2) is 0 Å². The van der Waals surface area contributed by atoms with Crippen molar-refractivity contribution in [2.24, 2.45) is 5.92 Å². The van der Waals surface area contributed by atoms with Crippen molar-refractivity contribution in [1.82, 2.24) is 5.32 Å². The first-order valence-electron chi connectivity index (χ1n) is 5.63. The van der Waals surface area contributed by atoms with Crippen LogP contribution >= 0.6 is 0 Å². The Morgan fingerprint density at radius 3 is 2.92 bits per heavy atom. The van der Waals surface area contributed by atoms with Gasteiger partial charge < -0.3 is 10.1 Å². The van der Waals surface area contributed by atoms with Gasteiger partial charge in [0.05, 0.1) is 0 Å². The molecule has 0 aromatic heterocycles. The number of piperidine rings is 1. The highest BCUT2D eigenvalue weighted by Gasteiger charge is 2.11. The molecule has 0 radical (unpaired) electrons. The van der Waals surface area contributed by atoms with E-state index in [-0.39, 0.29) is 0 Å². The second-order valence-electron chi connectivity index (χ2n) is 4.05. The van der Waals surface area contributed by atoms with Gasteiger partial charge in [-0.25, -0.2) is 0 Å². The van der Waals surface area contributed by atoms with Crippen LogP contribution in [-0.2, 0) is 4.74 Å². The number of unbranched alkanes of at least 4 members (excludes halogenated alkanes) is 2. The van der Waals surface area contributed by atoms with Crippen LogP contribution in [0, 0.1) is 5.92 Å². The van der Waals surface area contributed by atoms with E-state index in [4.69, 9.17) is 4.74 Å². The second kappa shape index (κ2) is 7.34. The van der Waals surface area contributed by atoms with Crippen LogP contribution in [0.3, 0.4) is 0 Å². The van der Waals surface area contributed by atoms with Crippen molar-refractivity contribution in [3.05, 3.63) is 0 Å². The van der Waals surface area contributed by atoms with E-state index < -0.39 is 0 Å². The smallest absolute Gasteiger partial charge is 0.0462 e. The van der Waals surface area contributed by atoms with Gasteiger partial charge in [-0.15, -0.1) is 0 Å². The Bertz CT molecular complexity index is 111. The predicted octanol–water partition coefficient (Wildman–Crippen LogP) is 2.19. The first kappa shape index (κ1) is 11.0. The minimum absolute atomic E-state index is 0.933. The molecule has 1 atom stereocenters. The number of hydrogen-bond acceptors (Lipinski definition) is 2. The molecule has 13 heavy (non-hydrogen) atoms.